The molecule has 0 bridgehead atoms. The molecule has 0 atom stereocenters. The summed E-state index contributed by atoms with van der Waals surface area (Å²) in [6.07, 6.45) is 1.00. The molecule has 0 fully saturated rings. The standard InChI is InChI=1S/C9H7ClO4S/c10-15(13,14)8(9(11)12)6-7-4-2-1-3-5-7/h1-6H,(H,11,12). The Labute approximate surface area is 91.2 Å². The first-order chi connectivity index (χ1) is 6.91. The minimum Gasteiger partial charge on any atom is -0.477 e. The summed E-state index contributed by atoms with van der Waals surface area (Å²) < 4.78 is 21.8. The zero-order valence-corrected chi connectivity index (χ0v) is 8.99. The van der Waals surface area contributed by atoms with Crippen LogP contribution in [-0.2, 0) is 13.8 Å². The van der Waals surface area contributed by atoms with Gasteiger partial charge in [-0.1, -0.05) is 30.3 Å². The lowest BCUT2D eigenvalue weighted by Gasteiger charge is -1.97. The highest BCUT2D eigenvalue weighted by molar-refractivity contribution is 8.17. The zero-order valence-electron chi connectivity index (χ0n) is 7.42. The first-order valence-electron chi connectivity index (χ1n) is 3.86. The molecule has 4 nitrogen and oxygen atoms in total. The molecule has 0 aliphatic carbocycles. The van der Waals surface area contributed by atoms with Crippen LogP contribution in [0, 0.1) is 0 Å². The second-order valence-electron chi connectivity index (χ2n) is 2.66. The minimum absolute atomic E-state index is 0.458. The first kappa shape index (κ1) is 11.7. The Balaban J connectivity index is 3.24. The zero-order chi connectivity index (χ0) is 11.5. The lowest BCUT2D eigenvalue weighted by Crippen LogP contribution is -2.07. The predicted molar refractivity (Wildman–Crippen MR) is 56.8 cm³/mol. The molecule has 15 heavy (non-hydrogen) atoms. The van der Waals surface area contributed by atoms with Gasteiger partial charge in [-0.05, 0) is 11.6 Å². The molecule has 1 aromatic carbocycles. The highest BCUT2D eigenvalue weighted by Gasteiger charge is 2.21. The average molecular weight is 247 g/mol. The van der Waals surface area contributed by atoms with E-state index in [1.54, 1.807) is 30.3 Å². The Morgan fingerprint density at radius 3 is 2.20 bits per heavy atom. The number of carboxylic acid groups (broad SMARTS) is 1. The molecule has 80 valence electrons. The molecule has 0 unspecified atom stereocenters. The third-order valence-electron chi connectivity index (χ3n) is 1.57. The molecule has 1 aromatic rings. The SMILES string of the molecule is O=C(O)C(=Cc1ccccc1)S(=O)(=O)Cl. The van der Waals surface area contributed by atoms with E-state index >= 15 is 0 Å². The van der Waals surface area contributed by atoms with Gasteiger partial charge in [0.05, 0.1) is 0 Å². The van der Waals surface area contributed by atoms with Crippen molar-refractivity contribution in [2.75, 3.05) is 0 Å². The van der Waals surface area contributed by atoms with E-state index < -0.39 is 19.9 Å². The van der Waals surface area contributed by atoms with Crippen LogP contribution in [0.25, 0.3) is 6.08 Å². The van der Waals surface area contributed by atoms with E-state index in [2.05, 4.69) is 0 Å². The smallest absolute Gasteiger partial charge is 0.348 e. The molecule has 1 N–H and O–H groups in total. The van der Waals surface area contributed by atoms with Crippen LogP contribution < -0.4 is 0 Å². The maximum atomic E-state index is 10.9. The van der Waals surface area contributed by atoms with Gasteiger partial charge in [-0.3, -0.25) is 0 Å². The van der Waals surface area contributed by atoms with Gasteiger partial charge < -0.3 is 5.11 Å². The molecule has 0 heterocycles. The summed E-state index contributed by atoms with van der Waals surface area (Å²) in [7, 11) is 0.739. The van der Waals surface area contributed by atoms with Crippen LogP contribution in [0.3, 0.4) is 0 Å². The maximum Gasteiger partial charge on any atom is 0.348 e. The van der Waals surface area contributed by atoms with Crippen molar-refractivity contribution in [3.63, 3.8) is 0 Å². The molecule has 0 spiro atoms. The van der Waals surface area contributed by atoms with E-state index in [9.17, 15) is 13.2 Å². The van der Waals surface area contributed by atoms with E-state index in [1.807, 2.05) is 0 Å². The van der Waals surface area contributed by atoms with Gasteiger partial charge in [-0.15, -0.1) is 0 Å². The highest BCUT2D eigenvalue weighted by Crippen LogP contribution is 2.16. The lowest BCUT2D eigenvalue weighted by molar-refractivity contribution is -0.131. The van der Waals surface area contributed by atoms with Crippen molar-refractivity contribution >= 4 is 31.8 Å². The monoisotopic (exact) mass is 246 g/mol. The molecule has 6 heteroatoms. The summed E-state index contributed by atoms with van der Waals surface area (Å²) in [5, 5.41) is 8.64. The van der Waals surface area contributed by atoms with E-state index in [4.69, 9.17) is 15.8 Å². The summed E-state index contributed by atoms with van der Waals surface area (Å²) in [5.74, 6) is -1.58. The molecule has 0 radical (unpaired) electrons. The van der Waals surface area contributed by atoms with Gasteiger partial charge in [0.1, 0.15) is 0 Å². The van der Waals surface area contributed by atoms with Crippen LogP contribution in [0.2, 0.25) is 0 Å². The summed E-state index contributed by atoms with van der Waals surface area (Å²) in [5.41, 5.74) is 0.458. The Kier molecular flexibility index (Phi) is 3.49. The summed E-state index contributed by atoms with van der Waals surface area (Å²) in [6.45, 7) is 0. The fraction of sp³-hybridized carbons (Fsp3) is 0. The van der Waals surface area contributed by atoms with Crippen LogP contribution in [-0.4, -0.2) is 19.5 Å². The van der Waals surface area contributed by atoms with Crippen LogP contribution in [0.15, 0.2) is 35.2 Å². The molecular weight excluding hydrogens is 240 g/mol. The largest absolute Gasteiger partial charge is 0.477 e. The van der Waals surface area contributed by atoms with Gasteiger partial charge in [-0.25, -0.2) is 13.2 Å². The molecule has 0 aliphatic rings. The van der Waals surface area contributed by atoms with Crippen LogP contribution in [0.5, 0.6) is 0 Å². The van der Waals surface area contributed by atoms with Crippen molar-refractivity contribution < 1.29 is 18.3 Å². The number of carboxylic acids is 1. The third kappa shape index (κ3) is 3.38. The molecule has 0 amide bonds. The Morgan fingerprint density at radius 1 is 1.27 bits per heavy atom. The molecular formula is C9H7ClO4S. The predicted octanol–water partition coefficient (Wildman–Crippen LogP) is 1.68. The van der Waals surface area contributed by atoms with Gasteiger partial charge in [0.2, 0.25) is 0 Å². The topological polar surface area (TPSA) is 71.4 Å². The van der Waals surface area contributed by atoms with Crippen molar-refractivity contribution in [2.24, 2.45) is 0 Å². The van der Waals surface area contributed by atoms with E-state index in [-0.39, 0.29) is 0 Å². The second kappa shape index (κ2) is 4.46. The van der Waals surface area contributed by atoms with Crippen molar-refractivity contribution in [2.45, 2.75) is 0 Å². The van der Waals surface area contributed by atoms with Gasteiger partial charge in [0, 0.05) is 10.7 Å². The van der Waals surface area contributed by atoms with Crippen LogP contribution in [0.4, 0.5) is 0 Å². The minimum atomic E-state index is -4.23. The summed E-state index contributed by atoms with van der Waals surface area (Å²) >= 11 is 0. The lowest BCUT2D eigenvalue weighted by atomic mass is 10.2. The van der Waals surface area contributed by atoms with Gasteiger partial charge in [-0.2, -0.15) is 0 Å². The van der Waals surface area contributed by atoms with Crippen LogP contribution in [0.1, 0.15) is 5.56 Å². The first-order valence-corrected chi connectivity index (χ1v) is 6.17. The van der Waals surface area contributed by atoms with Crippen molar-refractivity contribution in [1.82, 2.24) is 0 Å². The number of halogens is 1. The quantitative estimate of drug-likeness (QED) is 0.651. The van der Waals surface area contributed by atoms with E-state index in [0.29, 0.717) is 5.56 Å². The van der Waals surface area contributed by atoms with Gasteiger partial charge in [0.25, 0.3) is 9.05 Å². The molecule has 1 rings (SSSR count). The maximum absolute atomic E-state index is 10.9. The van der Waals surface area contributed by atoms with E-state index in [0.717, 1.165) is 6.08 Å². The van der Waals surface area contributed by atoms with Crippen LogP contribution >= 0.6 is 10.7 Å². The van der Waals surface area contributed by atoms with Gasteiger partial charge >= 0.3 is 5.97 Å². The number of carbonyl (C=O) groups is 1. The second-order valence-corrected chi connectivity index (χ2v) is 5.20. The highest BCUT2D eigenvalue weighted by atomic mass is 35.7. The Bertz CT molecular complexity index is 490. The summed E-state index contributed by atoms with van der Waals surface area (Å²) in [6, 6.07) is 8.20. The number of rotatable bonds is 3. The van der Waals surface area contributed by atoms with Crippen molar-refractivity contribution in [3.8, 4) is 0 Å². The van der Waals surface area contributed by atoms with Crippen molar-refractivity contribution in [3.05, 3.63) is 40.8 Å². The number of hydrogen-bond donors (Lipinski definition) is 1. The number of hydrogen-bond acceptors (Lipinski definition) is 3. The van der Waals surface area contributed by atoms with Crippen molar-refractivity contribution in [1.29, 1.82) is 0 Å². The van der Waals surface area contributed by atoms with Gasteiger partial charge in [0.15, 0.2) is 4.91 Å². The number of benzene rings is 1. The molecule has 0 saturated carbocycles. The van der Waals surface area contributed by atoms with E-state index in [1.165, 1.54) is 0 Å². The average Bonchev–Trinajstić information content (AvgIpc) is 2.13. The number of aliphatic carboxylic acids is 1. The molecule has 0 aromatic heterocycles. The fourth-order valence-corrected chi connectivity index (χ4v) is 1.75. The molecule has 0 saturated heterocycles. The normalized spacial score (nSPS) is 12.5. The molecule has 0 aliphatic heterocycles. The summed E-state index contributed by atoms with van der Waals surface area (Å²) in [4.78, 5) is 9.78. The third-order valence-corrected chi connectivity index (χ3v) is 2.89. The fourth-order valence-electron chi connectivity index (χ4n) is 0.937. The Morgan fingerprint density at radius 2 is 1.80 bits per heavy atom. The Hall–Kier alpha value is -1.33.